The number of hydrogen-bond donors (Lipinski definition) is 0. The number of fused-ring (bicyclic) bond motifs is 3. The van der Waals surface area contributed by atoms with Gasteiger partial charge in [-0.2, -0.15) is 10.4 Å². The SMILES string of the molecule is Cc1nc2c(n1-c1cnn(C)c1)CC[C@H]1[C@H](C)C(=O)C(C#N)C[C@]21C. The normalized spacial score (nSPS) is 31.3. The Balaban J connectivity index is 1.87. The number of rotatable bonds is 1. The van der Waals surface area contributed by atoms with Gasteiger partial charge in [-0.3, -0.25) is 14.0 Å². The molecule has 2 aromatic rings. The van der Waals surface area contributed by atoms with Crippen molar-refractivity contribution < 1.29 is 4.79 Å². The Morgan fingerprint density at radius 1 is 1.44 bits per heavy atom. The molecule has 6 heteroatoms. The smallest absolute Gasteiger partial charge is 0.153 e. The minimum Gasteiger partial charge on any atom is -0.298 e. The van der Waals surface area contributed by atoms with E-state index in [1.165, 1.54) is 5.69 Å². The van der Waals surface area contributed by atoms with Gasteiger partial charge in [0.2, 0.25) is 0 Å². The van der Waals surface area contributed by atoms with Gasteiger partial charge in [0, 0.05) is 30.3 Å². The molecule has 2 heterocycles. The zero-order valence-electron chi connectivity index (χ0n) is 15.2. The average molecular weight is 337 g/mol. The topological polar surface area (TPSA) is 76.5 Å². The lowest BCUT2D eigenvalue weighted by molar-refractivity contribution is -0.132. The second-order valence-electron chi connectivity index (χ2n) is 7.80. The molecule has 2 aromatic heterocycles. The Hall–Kier alpha value is -2.42. The predicted molar refractivity (Wildman–Crippen MR) is 92.1 cm³/mol. The van der Waals surface area contributed by atoms with Gasteiger partial charge in [0.1, 0.15) is 11.7 Å². The van der Waals surface area contributed by atoms with Crippen LogP contribution in [0, 0.1) is 36.0 Å². The van der Waals surface area contributed by atoms with Gasteiger partial charge in [-0.15, -0.1) is 0 Å². The molecule has 0 N–H and O–H groups in total. The van der Waals surface area contributed by atoms with Crippen LogP contribution in [0.3, 0.4) is 0 Å². The molecule has 6 nitrogen and oxygen atoms in total. The Kier molecular flexibility index (Phi) is 3.40. The van der Waals surface area contributed by atoms with Gasteiger partial charge >= 0.3 is 0 Å². The van der Waals surface area contributed by atoms with Crippen LogP contribution in [0.1, 0.15) is 43.9 Å². The molecule has 0 bridgehead atoms. The van der Waals surface area contributed by atoms with Gasteiger partial charge in [0.25, 0.3) is 0 Å². The third-order valence-electron chi connectivity index (χ3n) is 6.32. The number of nitriles is 1. The molecule has 4 rings (SSSR count). The number of ketones is 1. The minimum absolute atomic E-state index is 0.0830. The quantitative estimate of drug-likeness (QED) is 0.801. The third-order valence-corrected chi connectivity index (χ3v) is 6.32. The van der Waals surface area contributed by atoms with E-state index in [1.54, 1.807) is 4.68 Å². The first kappa shape index (κ1) is 16.1. The highest BCUT2D eigenvalue weighted by atomic mass is 16.1. The Morgan fingerprint density at radius 3 is 2.84 bits per heavy atom. The summed E-state index contributed by atoms with van der Waals surface area (Å²) in [5, 5.41) is 13.8. The maximum atomic E-state index is 12.5. The van der Waals surface area contributed by atoms with Crippen LogP contribution in [0.2, 0.25) is 0 Å². The van der Waals surface area contributed by atoms with Crippen molar-refractivity contribution in [3.05, 3.63) is 29.6 Å². The van der Waals surface area contributed by atoms with E-state index in [-0.39, 0.29) is 23.0 Å². The predicted octanol–water partition coefficient (Wildman–Crippen LogP) is 2.48. The molecule has 1 fully saturated rings. The fraction of sp³-hybridized carbons (Fsp3) is 0.579. The molecule has 0 radical (unpaired) electrons. The lowest BCUT2D eigenvalue weighted by Gasteiger charge is -2.48. The summed E-state index contributed by atoms with van der Waals surface area (Å²) in [6.07, 6.45) is 6.29. The van der Waals surface area contributed by atoms with Crippen molar-refractivity contribution in [2.45, 2.75) is 45.4 Å². The Morgan fingerprint density at radius 2 is 2.20 bits per heavy atom. The maximum Gasteiger partial charge on any atom is 0.153 e. The summed E-state index contributed by atoms with van der Waals surface area (Å²) < 4.78 is 3.98. The summed E-state index contributed by atoms with van der Waals surface area (Å²) in [7, 11) is 1.91. The van der Waals surface area contributed by atoms with Crippen LogP contribution in [0.25, 0.3) is 5.69 Å². The zero-order valence-corrected chi connectivity index (χ0v) is 15.2. The summed E-state index contributed by atoms with van der Waals surface area (Å²) in [5.41, 5.74) is 3.08. The Bertz CT molecular complexity index is 902. The number of carbonyl (C=O) groups is 1. The molecule has 0 aliphatic heterocycles. The lowest BCUT2D eigenvalue weighted by Crippen LogP contribution is -2.50. The van der Waals surface area contributed by atoms with Gasteiger partial charge in [-0.25, -0.2) is 4.98 Å². The molecular weight excluding hydrogens is 314 g/mol. The van der Waals surface area contributed by atoms with Crippen LogP contribution in [0.15, 0.2) is 12.4 Å². The van der Waals surface area contributed by atoms with Gasteiger partial charge < -0.3 is 0 Å². The van der Waals surface area contributed by atoms with E-state index in [1.807, 2.05) is 33.3 Å². The largest absolute Gasteiger partial charge is 0.298 e. The molecular formula is C19H23N5O. The summed E-state index contributed by atoms with van der Waals surface area (Å²) in [4.78, 5) is 17.4. The first-order valence-corrected chi connectivity index (χ1v) is 8.88. The first-order chi connectivity index (χ1) is 11.9. The number of aromatic nitrogens is 4. The van der Waals surface area contributed by atoms with Crippen molar-refractivity contribution in [1.29, 1.82) is 5.26 Å². The number of carbonyl (C=O) groups excluding carboxylic acids is 1. The van der Waals surface area contributed by atoms with Crippen LogP contribution in [0.4, 0.5) is 0 Å². The summed E-state index contributed by atoms with van der Waals surface area (Å²) in [6.45, 7) is 6.20. The molecule has 1 unspecified atom stereocenters. The number of hydrogen-bond acceptors (Lipinski definition) is 4. The molecule has 0 aromatic carbocycles. The highest BCUT2D eigenvalue weighted by Crippen LogP contribution is 2.52. The fourth-order valence-corrected chi connectivity index (χ4v) is 5.12. The van der Waals surface area contributed by atoms with Gasteiger partial charge in [0.15, 0.2) is 5.78 Å². The van der Waals surface area contributed by atoms with E-state index in [4.69, 9.17) is 4.98 Å². The van der Waals surface area contributed by atoms with Gasteiger partial charge in [-0.05, 0) is 32.1 Å². The molecule has 1 saturated carbocycles. The summed E-state index contributed by atoms with van der Waals surface area (Å²) >= 11 is 0. The molecule has 130 valence electrons. The van der Waals surface area contributed by atoms with E-state index >= 15 is 0 Å². The number of imidazole rings is 1. The molecule has 2 aliphatic rings. The van der Waals surface area contributed by atoms with E-state index in [2.05, 4.69) is 22.7 Å². The number of Topliss-reactive ketones (excluding diaryl/α,β-unsaturated/α-hetero) is 1. The second kappa shape index (κ2) is 5.29. The van der Waals surface area contributed by atoms with Crippen molar-refractivity contribution in [1.82, 2.24) is 19.3 Å². The van der Waals surface area contributed by atoms with Crippen LogP contribution in [-0.4, -0.2) is 25.1 Å². The monoisotopic (exact) mass is 337 g/mol. The van der Waals surface area contributed by atoms with Crippen LogP contribution >= 0.6 is 0 Å². The highest BCUT2D eigenvalue weighted by molar-refractivity contribution is 5.87. The van der Waals surface area contributed by atoms with E-state index in [0.29, 0.717) is 6.42 Å². The summed E-state index contributed by atoms with van der Waals surface area (Å²) in [5.74, 6) is 0.704. The molecule has 2 aliphatic carbocycles. The van der Waals surface area contributed by atoms with Crippen molar-refractivity contribution in [2.24, 2.45) is 24.8 Å². The first-order valence-electron chi connectivity index (χ1n) is 8.88. The minimum atomic E-state index is -0.522. The Labute approximate surface area is 147 Å². The second-order valence-corrected chi connectivity index (χ2v) is 7.80. The maximum absolute atomic E-state index is 12.5. The zero-order chi connectivity index (χ0) is 17.9. The average Bonchev–Trinajstić information content (AvgIpc) is 3.14. The molecule has 0 spiro atoms. The molecule has 0 amide bonds. The van der Waals surface area contributed by atoms with Crippen molar-refractivity contribution in [2.75, 3.05) is 0 Å². The van der Waals surface area contributed by atoms with Crippen molar-refractivity contribution >= 4 is 5.78 Å². The van der Waals surface area contributed by atoms with E-state index in [0.717, 1.165) is 30.0 Å². The highest BCUT2D eigenvalue weighted by Gasteiger charge is 2.53. The van der Waals surface area contributed by atoms with Gasteiger partial charge in [0.05, 0.1) is 23.6 Å². The van der Waals surface area contributed by atoms with Crippen LogP contribution in [-0.2, 0) is 23.7 Å². The van der Waals surface area contributed by atoms with Crippen molar-refractivity contribution in [3.63, 3.8) is 0 Å². The number of nitrogens with zero attached hydrogens (tertiary/aromatic N) is 5. The van der Waals surface area contributed by atoms with Crippen LogP contribution in [0.5, 0.6) is 0 Å². The third kappa shape index (κ3) is 2.11. The molecule has 4 atom stereocenters. The molecule has 0 saturated heterocycles. The summed E-state index contributed by atoms with van der Waals surface area (Å²) in [6, 6.07) is 2.23. The van der Waals surface area contributed by atoms with E-state index in [9.17, 15) is 10.1 Å². The van der Waals surface area contributed by atoms with E-state index < -0.39 is 5.92 Å². The standard InChI is InChI=1S/C19H23N5O/c1-11-15-5-6-16-18(19(15,3)7-13(8-20)17(11)25)22-12(2)24(16)14-9-21-23(4)10-14/h9-11,13,15H,5-7H2,1-4H3/t11-,13?,15-,19-/m0/s1. The lowest BCUT2D eigenvalue weighted by atomic mass is 9.54. The number of aryl methyl sites for hydroxylation is 2. The fourth-order valence-electron chi connectivity index (χ4n) is 5.12. The molecule has 25 heavy (non-hydrogen) atoms. The van der Waals surface area contributed by atoms with Gasteiger partial charge in [-0.1, -0.05) is 13.8 Å². The van der Waals surface area contributed by atoms with Crippen LogP contribution < -0.4 is 0 Å². The van der Waals surface area contributed by atoms with Crippen molar-refractivity contribution in [3.8, 4) is 11.8 Å².